The number of amides is 2. The molecule has 0 bridgehead atoms. The molecular formula is C5H4N4O2. The first-order valence-electron chi connectivity index (χ1n) is 2.67. The van der Waals surface area contributed by atoms with Gasteiger partial charge >= 0.3 is 5.91 Å². The first kappa shape index (κ1) is 7.26. The lowest BCUT2D eigenvalue weighted by Crippen LogP contribution is -2.32. The van der Waals surface area contributed by atoms with E-state index in [9.17, 15) is 9.59 Å². The van der Waals surface area contributed by atoms with Gasteiger partial charge in [-0.1, -0.05) is 0 Å². The second kappa shape index (κ2) is 2.82. The number of carbonyl (C=O) groups is 2. The van der Waals surface area contributed by atoms with Gasteiger partial charge in [0.2, 0.25) is 6.41 Å². The summed E-state index contributed by atoms with van der Waals surface area (Å²) in [6.45, 7) is 0. The second-order valence-electron chi connectivity index (χ2n) is 1.65. The predicted molar refractivity (Wildman–Crippen MR) is 38.6 cm³/mol. The third-order valence-corrected chi connectivity index (χ3v) is 0.999. The Morgan fingerprint density at radius 3 is 2.91 bits per heavy atom. The maximum atomic E-state index is 10.7. The molecule has 6 nitrogen and oxygen atoms in total. The summed E-state index contributed by atoms with van der Waals surface area (Å²) in [5.74, 6) is -0.735. The first-order valence-corrected chi connectivity index (χ1v) is 2.67. The van der Waals surface area contributed by atoms with Crippen LogP contribution in [0.4, 0.5) is 0 Å². The van der Waals surface area contributed by atoms with Gasteiger partial charge < -0.3 is 5.73 Å². The summed E-state index contributed by atoms with van der Waals surface area (Å²) < 4.78 is 0. The molecule has 56 valence electrons. The Morgan fingerprint density at radius 1 is 1.64 bits per heavy atom. The molecule has 0 aromatic heterocycles. The molecule has 0 saturated heterocycles. The maximum Gasteiger partial charge on any atom is 0.300 e. The van der Waals surface area contributed by atoms with Crippen molar-refractivity contribution >= 4 is 30.2 Å². The average molecular weight is 152 g/mol. The quantitative estimate of drug-likeness (QED) is 0.463. The van der Waals surface area contributed by atoms with E-state index in [0.29, 0.717) is 0 Å². The maximum absolute atomic E-state index is 10.7. The number of rotatable bonds is 1. The molecule has 6 heteroatoms. The van der Waals surface area contributed by atoms with Crippen LogP contribution in [0.25, 0.3) is 0 Å². The molecule has 0 aliphatic carbocycles. The van der Waals surface area contributed by atoms with Gasteiger partial charge in [0.25, 0.3) is 0 Å². The molecule has 0 unspecified atom stereocenters. The lowest BCUT2D eigenvalue weighted by Gasteiger charge is -2.00. The smallest absolute Gasteiger partial charge is 0.300 e. The van der Waals surface area contributed by atoms with Crippen molar-refractivity contribution in [2.45, 2.75) is 0 Å². The van der Waals surface area contributed by atoms with E-state index in [-0.39, 0.29) is 18.0 Å². The molecule has 1 rings (SSSR count). The molecule has 0 fully saturated rings. The van der Waals surface area contributed by atoms with E-state index >= 15 is 0 Å². The molecule has 11 heavy (non-hydrogen) atoms. The van der Waals surface area contributed by atoms with Gasteiger partial charge in [-0.25, -0.2) is 9.98 Å². The Balaban J connectivity index is 3.05. The van der Waals surface area contributed by atoms with Crippen LogP contribution >= 0.6 is 0 Å². The zero-order chi connectivity index (χ0) is 8.27. The lowest BCUT2D eigenvalue weighted by atomic mass is 10.3. The summed E-state index contributed by atoms with van der Waals surface area (Å²) in [4.78, 5) is 30.5. The van der Waals surface area contributed by atoms with Gasteiger partial charge in [0, 0.05) is 0 Å². The minimum absolute atomic E-state index is 0.0860. The van der Waals surface area contributed by atoms with Crippen molar-refractivity contribution < 1.29 is 9.59 Å². The van der Waals surface area contributed by atoms with E-state index < -0.39 is 5.91 Å². The zero-order valence-electron chi connectivity index (χ0n) is 5.39. The standard InChI is InChI=1S/C5H4N4O2/c6-4-3(9-2-10)5(11)8-1-7-4/h1-2H,(H2,6,7,8,11). The largest absolute Gasteiger partial charge is 0.382 e. The van der Waals surface area contributed by atoms with E-state index in [1.807, 2.05) is 0 Å². The fourth-order valence-corrected chi connectivity index (χ4v) is 0.549. The Labute approximate surface area is 61.5 Å². The van der Waals surface area contributed by atoms with Crippen LogP contribution in [0.3, 0.4) is 0 Å². The zero-order valence-corrected chi connectivity index (χ0v) is 5.39. The van der Waals surface area contributed by atoms with Gasteiger partial charge in [0.1, 0.15) is 6.34 Å². The third-order valence-electron chi connectivity index (χ3n) is 0.999. The minimum atomic E-state index is -0.649. The number of aliphatic imine (C=N–C) groups is 3. The highest BCUT2D eigenvalue weighted by Gasteiger charge is 2.16. The molecule has 0 atom stereocenters. The summed E-state index contributed by atoms with van der Waals surface area (Å²) >= 11 is 0. The molecule has 0 spiro atoms. The van der Waals surface area contributed by atoms with Crippen LogP contribution in [0, 0.1) is 0 Å². The van der Waals surface area contributed by atoms with Gasteiger partial charge in [0.05, 0.1) is 0 Å². The SMILES string of the molecule is NC1=NC=NC(=O)C1=NC=O. The van der Waals surface area contributed by atoms with Crippen molar-refractivity contribution in [3.63, 3.8) is 0 Å². The number of nitrogens with two attached hydrogens (primary N) is 1. The van der Waals surface area contributed by atoms with Gasteiger partial charge in [0.15, 0.2) is 11.5 Å². The highest BCUT2D eigenvalue weighted by Crippen LogP contribution is 1.89. The summed E-state index contributed by atoms with van der Waals surface area (Å²) in [5, 5.41) is 0. The summed E-state index contributed by atoms with van der Waals surface area (Å²) in [7, 11) is 0. The normalized spacial score (nSPS) is 20.2. The molecule has 1 aliphatic heterocycles. The monoisotopic (exact) mass is 152 g/mol. The third kappa shape index (κ3) is 1.34. The molecule has 0 aromatic carbocycles. The van der Waals surface area contributed by atoms with E-state index in [0.717, 1.165) is 6.34 Å². The van der Waals surface area contributed by atoms with Crippen molar-refractivity contribution in [2.24, 2.45) is 20.7 Å². The van der Waals surface area contributed by atoms with Crippen LogP contribution in [-0.4, -0.2) is 30.2 Å². The Hall–Kier alpha value is -1.85. The molecule has 1 heterocycles. The van der Waals surface area contributed by atoms with E-state index in [1.165, 1.54) is 0 Å². The van der Waals surface area contributed by atoms with Crippen LogP contribution in [0.1, 0.15) is 0 Å². The van der Waals surface area contributed by atoms with Crippen LogP contribution in [-0.2, 0) is 9.59 Å². The summed E-state index contributed by atoms with van der Waals surface area (Å²) in [6, 6.07) is 0. The van der Waals surface area contributed by atoms with Crippen LogP contribution < -0.4 is 5.73 Å². The van der Waals surface area contributed by atoms with Gasteiger partial charge in [-0.15, -0.1) is 0 Å². The average Bonchev–Trinajstić information content (AvgIpc) is 1.97. The van der Waals surface area contributed by atoms with Crippen LogP contribution in [0.5, 0.6) is 0 Å². The lowest BCUT2D eigenvalue weighted by molar-refractivity contribution is -0.112. The number of hydrogen-bond acceptors (Lipinski definition) is 4. The van der Waals surface area contributed by atoms with E-state index in [1.54, 1.807) is 0 Å². The summed E-state index contributed by atoms with van der Waals surface area (Å²) in [5.41, 5.74) is 5.00. The van der Waals surface area contributed by atoms with Crippen molar-refractivity contribution in [1.82, 2.24) is 0 Å². The molecular weight excluding hydrogens is 148 g/mol. The topological polar surface area (TPSA) is 97.2 Å². The van der Waals surface area contributed by atoms with E-state index in [2.05, 4.69) is 15.0 Å². The number of hydrogen-bond donors (Lipinski definition) is 1. The fourth-order valence-electron chi connectivity index (χ4n) is 0.549. The molecule has 0 radical (unpaired) electrons. The second-order valence-corrected chi connectivity index (χ2v) is 1.65. The van der Waals surface area contributed by atoms with Gasteiger partial charge in [-0.3, -0.25) is 9.59 Å². The molecule has 0 saturated carbocycles. The Kier molecular flexibility index (Phi) is 1.86. The van der Waals surface area contributed by atoms with Crippen molar-refractivity contribution in [2.75, 3.05) is 0 Å². The number of amidine groups is 1. The summed E-state index contributed by atoms with van der Waals surface area (Å²) in [6.07, 6.45) is 1.23. The van der Waals surface area contributed by atoms with Crippen molar-refractivity contribution in [1.29, 1.82) is 0 Å². The molecule has 0 aromatic rings. The predicted octanol–water partition coefficient (Wildman–Crippen LogP) is -1.49. The van der Waals surface area contributed by atoms with Gasteiger partial charge in [-0.05, 0) is 0 Å². The Morgan fingerprint density at radius 2 is 2.36 bits per heavy atom. The van der Waals surface area contributed by atoms with Crippen molar-refractivity contribution in [3.8, 4) is 0 Å². The first-order chi connectivity index (χ1) is 5.25. The molecule has 1 aliphatic rings. The number of nitrogens with zero attached hydrogens (tertiary/aromatic N) is 3. The Bertz CT molecular complexity index is 289. The van der Waals surface area contributed by atoms with Crippen LogP contribution in [0.2, 0.25) is 0 Å². The highest BCUT2D eigenvalue weighted by molar-refractivity contribution is 6.68. The minimum Gasteiger partial charge on any atom is -0.382 e. The van der Waals surface area contributed by atoms with Crippen molar-refractivity contribution in [3.05, 3.63) is 0 Å². The molecule has 2 amide bonds. The number of carbonyl (C=O) groups excluding carboxylic acids is 2. The van der Waals surface area contributed by atoms with Crippen LogP contribution in [0.15, 0.2) is 15.0 Å². The molecule has 2 N–H and O–H groups in total. The van der Waals surface area contributed by atoms with Gasteiger partial charge in [-0.2, -0.15) is 4.99 Å². The van der Waals surface area contributed by atoms with E-state index in [4.69, 9.17) is 5.73 Å². The highest BCUT2D eigenvalue weighted by atomic mass is 16.2. The fraction of sp³-hybridized carbons (Fsp3) is 0.